The molecule has 0 aliphatic carbocycles. The monoisotopic (exact) mass is 304 g/mol. The number of nitrogens with zero attached hydrogens (tertiary/aromatic N) is 2. The zero-order valence-corrected chi connectivity index (χ0v) is 14.2. The summed E-state index contributed by atoms with van der Waals surface area (Å²) in [4.78, 5) is 2.37. The first-order valence-electron chi connectivity index (χ1n) is 8.33. The highest BCUT2D eigenvalue weighted by atomic mass is 15.1. The van der Waals surface area contributed by atoms with E-state index in [1.165, 1.54) is 28.3 Å². The maximum absolute atomic E-state index is 2.37. The third kappa shape index (κ3) is 3.02. The third-order valence-corrected chi connectivity index (χ3v) is 4.38. The number of hydrogen-bond donors (Lipinski definition) is 0. The van der Waals surface area contributed by atoms with Crippen molar-refractivity contribution in [2.75, 3.05) is 18.0 Å². The standard InChI is InChI=1S/C21H24N2/c1-4-22(5-2)19-12-14-20(15-13-19)23-17(3)11-16-21(23)18-9-7-6-8-10-18/h6-16H,4-5H2,1-3H3. The number of aromatic nitrogens is 1. The summed E-state index contributed by atoms with van der Waals surface area (Å²) >= 11 is 0. The lowest BCUT2D eigenvalue weighted by Crippen LogP contribution is -2.21. The average Bonchev–Trinajstić information content (AvgIpc) is 2.99. The molecule has 0 aliphatic heterocycles. The van der Waals surface area contributed by atoms with Crippen molar-refractivity contribution in [1.82, 2.24) is 4.57 Å². The Labute approximate surface area is 139 Å². The smallest absolute Gasteiger partial charge is 0.0531 e. The molecule has 2 heteroatoms. The number of aryl methyl sites for hydroxylation is 1. The van der Waals surface area contributed by atoms with Gasteiger partial charge in [0.15, 0.2) is 0 Å². The van der Waals surface area contributed by atoms with E-state index in [0.29, 0.717) is 0 Å². The lowest BCUT2D eigenvalue weighted by atomic mass is 10.1. The van der Waals surface area contributed by atoms with Crippen LogP contribution in [0.15, 0.2) is 66.7 Å². The summed E-state index contributed by atoms with van der Waals surface area (Å²) in [5.74, 6) is 0. The Balaban J connectivity index is 2.01. The van der Waals surface area contributed by atoms with Crippen LogP contribution in [-0.2, 0) is 0 Å². The number of anilines is 1. The van der Waals surface area contributed by atoms with Crippen molar-refractivity contribution in [2.45, 2.75) is 20.8 Å². The van der Waals surface area contributed by atoms with E-state index in [1.54, 1.807) is 0 Å². The van der Waals surface area contributed by atoms with Crippen LogP contribution in [0.5, 0.6) is 0 Å². The summed E-state index contributed by atoms with van der Waals surface area (Å²) in [5, 5.41) is 0. The lowest BCUT2D eigenvalue weighted by molar-refractivity contribution is 0.865. The summed E-state index contributed by atoms with van der Waals surface area (Å²) < 4.78 is 2.32. The number of benzene rings is 2. The van der Waals surface area contributed by atoms with E-state index in [9.17, 15) is 0 Å². The number of hydrogen-bond acceptors (Lipinski definition) is 1. The fraction of sp³-hybridized carbons (Fsp3) is 0.238. The van der Waals surface area contributed by atoms with Crippen LogP contribution in [0.3, 0.4) is 0 Å². The van der Waals surface area contributed by atoms with Crippen molar-refractivity contribution in [3.63, 3.8) is 0 Å². The summed E-state index contributed by atoms with van der Waals surface area (Å²) in [6.45, 7) is 8.62. The Kier molecular flexibility index (Phi) is 4.52. The molecule has 1 aromatic heterocycles. The van der Waals surface area contributed by atoms with Gasteiger partial charge in [-0.15, -0.1) is 0 Å². The topological polar surface area (TPSA) is 8.17 Å². The molecule has 0 amide bonds. The predicted octanol–water partition coefficient (Wildman–Crippen LogP) is 5.30. The normalized spacial score (nSPS) is 10.7. The Hall–Kier alpha value is -2.48. The molecule has 0 unspecified atom stereocenters. The van der Waals surface area contributed by atoms with Crippen LogP contribution in [0.1, 0.15) is 19.5 Å². The molecule has 0 spiro atoms. The first kappa shape index (κ1) is 15.4. The molecule has 2 nitrogen and oxygen atoms in total. The van der Waals surface area contributed by atoms with Crippen LogP contribution in [0.4, 0.5) is 5.69 Å². The summed E-state index contributed by atoms with van der Waals surface area (Å²) in [7, 11) is 0. The SMILES string of the molecule is CCN(CC)c1ccc(-n2c(C)ccc2-c2ccccc2)cc1. The molecule has 0 radical (unpaired) electrons. The highest BCUT2D eigenvalue weighted by Gasteiger charge is 2.10. The molecule has 0 aliphatic rings. The first-order valence-corrected chi connectivity index (χ1v) is 8.33. The van der Waals surface area contributed by atoms with Crippen molar-refractivity contribution < 1.29 is 0 Å². The van der Waals surface area contributed by atoms with Crippen molar-refractivity contribution in [2.24, 2.45) is 0 Å². The number of rotatable bonds is 5. The minimum Gasteiger partial charge on any atom is -0.372 e. The van der Waals surface area contributed by atoms with Crippen LogP contribution in [0.2, 0.25) is 0 Å². The van der Waals surface area contributed by atoms with Gasteiger partial charge in [0, 0.05) is 30.2 Å². The molecular weight excluding hydrogens is 280 g/mol. The quantitative estimate of drug-likeness (QED) is 0.621. The molecule has 0 saturated heterocycles. The fourth-order valence-electron chi connectivity index (χ4n) is 3.12. The minimum absolute atomic E-state index is 1.04. The zero-order valence-electron chi connectivity index (χ0n) is 14.2. The molecule has 0 saturated carbocycles. The van der Waals surface area contributed by atoms with Crippen LogP contribution in [0, 0.1) is 6.92 Å². The van der Waals surface area contributed by atoms with Gasteiger partial charge in [-0.25, -0.2) is 0 Å². The fourth-order valence-corrected chi connectivity index (χ4v) is 3.12. The van der Waals surface area contributed by atoms with Gasteiger partial charge in [0.25, 0.3) is 0 Å². The van der Waals surface area contributed by atoms with Gasteiger partial charge in [-0.1, -0.05) is 30.3 Å². The first-order chi connectivity index (χ1) is 11.2. The second kappa shape index (κ2) is 6.74. The van der Waals surface area contributed by atoms with Crippen LogP contribution in [0.25, 0.3) is 16.9 Å². The summed E-state index contributed by atoms with van der Waals surface area (Å²) in [5.41, 5.74) is 6.22. The molecule has 3 aromatic rings. The Bertz CT molecular complexity index is 750. The van der Waals surface area contributed by atoms with E-state index >= 15 is 0 Å². The van der Waals surface area contributed by atoms with Gasteiger partial charge < -0.3 is 9.47 Å². The maximum atomic E-state index is 2.37. The molecule has 23 heavy (non-hydrogen) atoms. The van der Waals surface area contributed by atoms with Gasteiger partial charge in [0.1, 0.15) is 0 Å². The molecule has 0 N–H and O–H groups in total. The van der Waals surface area contributed by atoms with E-state index in [0.717, 1.165) is 13.1 Å². The highest BCUT2D eigenvalue weighted by molar-refractivity contribution is 5.64. The summed E-state index contributed by atoms with van der Waals surface area (Å²) in [6.07, 6.45) is 0. The van der Waals surface area contributed by atoms with Crippen LogP contribution >= 0.6 is 0 Å². The van der Waals surface area contributed by atoms with Gasteiger partial charge in [0.2, 0.25) is 0 Å². The second-order valence-electron chi connectivity index (χ2n) is 5.75. The van der Waals surface area contributed by atoms with Crippen molar-refractivity contribution in [1.29, 1.82) is 0 Å². The zero-order chi connectivity index (χ0) is 16.2. The van der Waals surface area contributed by atoms with Gasteiger partial charge in [-0.2, -0.15) is 0 Å². The van der Waals surface area contributed by atoms with E-state index in [1.807, 2.05) is 0 Å². The van der Waals surface area contributed by atoms with E-state index < -0.39 is 0 Å². The molecule has 0 fully saturated rings. The lowest BCUT2D eigenvalue weighted by Gasteiger charge is -2.21. The van der Waals surface area contributed by atoms with Crippen molar-refractivity contribution in [3.05, 3.63) is 72.4 Å². The Morgan fingerprint density at radius 3 is 2.04 bits per heavy atom. The molecule has 0 atom stereocenters. The van der Waals surface area contributed by atoms with Gasteiger partial charge >= 0.3 is 0 Å². The molecular formula is C21H24N2. The largest absolute Gasteiger partial charge is 0.372 e. The molecule has 0 bridgehead atoms. The average molecular weight is 304 g/mol. The third-order valence-electron chi connectivity index (χ3n) is 4.38. The minimum atomic E-state index is 1.04. The predicted molar refractivity (Wildman–Crippen MR) is 99.5 cm³/mol. The van der Waals surface area contributed by atoms with Crippen LogP contribution in [-0.4, -0.2) is 17.7 Å². The van der Waals surface area contributed by atoms with Gasteiger partial charge in [-0.05, 0) is 62.7 Å². The van der Waals surface area contributed by atoms with Gasteiger partial charge in [0.05, 0.1) is 5.69 Å². The molecule has 3 rings (SSSR count). The van der Waals surface area contributed by atoms with Crippen molar-refractivity contribution >= 4 is 5.69 Å². The Morgan fingerprint density at radius 2 is 1.43 bits per heavy atom. The van der Waals surface area contributed by atoms with Crippen molar-refractivity contribution in [3.8, 4) is 16.9 Å². The Morgan fingerprint density at radius 1 is 0.783 bits per heavy atom. The van der Waals surface area contributed by atoms with Crippen LogP contribution < -0.4 is 4.90 Å². The van der Waals surface area contributed by atoms with E-state index in [2.05, 4.69) is 97.0 Å². The van der Waals surface area contributed by atoms with Gasteiger partial charge in [-0.3, -0.25) is 0 Å². The molecule has 118 valence electrons. The summed E-state index contributed by atoms with van der Waals surface area (Å²) in [6, 6.07) is 23.8. The second-order valence-corrected chi connectivity index (χ2v) is 5.75. The highest BCUT2D eigenvalue weighted by Crippen LogP contribution is 2.27. The molecule has 1 heterocycles. The van der Waals surface area contributed by atoms with E-state index in [-0.39, 0.29) is 0 Å². The maximum Gasteiger partial charge on any atom is 0.0531 e. The molecule has 2 aromatic carbocycles. The van der Waals surface area contributed by atoms with E-state index in [4.69, 9.17) is 0 Å².